The number of ketones is 1. The molecule has 7 heteroatoms. The molecule has 2 bridgehead atoms. The third-order valence-electron chi connectivity index (χ3n) is 8.56. The highest BCUT2D eigenvalue weighted by molar-refractivity contribution is 6.22. The molecule has 4 fully saturated rings. The van der Waals surface area contributed by atoms with Crippen LogP contribution < -0.4 is 14.4 Å². The van der Waals surface area contributed by atoms with Gasteiger partial charge < -0.3 is 14.2 Å². The van der Waals surface area contributed by atoms with E-state index < -0.39 is 6.10 Å². The summed E-state index contributed by atoms with van der Waals surface area (Å²) in [6.45, 7) is 0. The molecule has 8 unspecified atom stereocenters. The fraction of sp³-hybridized carbons (Fsp3) is 0.393. The first-order chi connectivity index (χ1) is 17.0. The SMILES string of the molecule is COc1ccc(C(=O)C2OC2c2ccc(N3C(=O)C4C5C=CC(C6CC56)C4C3=O)cc2)cc1OC. The lowest BCUT2D eigenvalue weighted by Crippen LogP contribution is -2.40. The molecule has 2 heterocycles. The minimum atomic E-state index is -0.578. The molecule has 2 aliphatic heterocycles. The van der Waals surface area contributed by atoms with Crippen molar-refractivity contribution in [1.29, 1.82) is 0 Å². The average molecular weight is 472 g/mol. The second-order valence-corrected chi connectivity index (χ2v) is 10.2. The van der Waals surface area contributed by atoms with Crippen molar-refractivity contribution >= 4 is 23.3 Å². The maximum Gasteiger partial charge on any atom is 0.238 e. The highest BCUT2D eigenvalue weighted by Crippen LogP contribution is 2.65. The van der Waals surface area contributed by atoms with E-state index in [2.05, 4.69) is 12.2 Å². The second-order valence-electron chi connectivity index (χ2n) is 10.2. The molecule has 178 valence electrons. The number of epoxide rings is 1. The van der Waals surface area contributed by atoms with Gasteiger partial charge in [0, 0.05) is 5.56 Å². The molecule has 0 aromatic heterocycles. The number of hydrogen-bond donors (Lipinski definition) is 0. The van der Waals surface area contributed by atoms with Gasteiger partial charge in [-0.2, -0.15) is 0 Å². The number of imide groups is 1. The first-order valence-electron chi connectivity index (χ1n) is 12.1. The Morgan fingerprint density at radius 2 is 1.51 bits per heavy atom. The summed E-state index contributed by atoms with van der Waals surface area (Å²) in [6.07, 6.45) is 4.57. The molecule has 6 aliphatic rings. The first kappa shape index (κ1) is 20.9. The van der Waals surface area contributed by atoms with Crippen LogP contribution in [0.1, 0.15) is 28.4 Å². The summed E-state index contributed by atoms with van der Waals surface area (Å²) < 4.78 is 16.2. The highest BCUT2D eigenvalue weighted by Gasteiger charge is 2.67. The Kier molecular flexibility index (Phi) is 4.34. The monoisotopic (exact) mass is 471 g/mol. The van der Waals surface area contributed by atoms with Crippen LogP contribution in [0.3, 0.4) is 0 Å². The highest BCUT2D eigenvalue weighted by atomic mass is 16.6. The Labute approximate surface area is 202 Å². The van der Waals surface area contributed by atoms with E-state index in [0.29, 0.717) is 34.6 Å². The van der Waals surface area contributed by atoms with Crippen LogP contribution >= 0.6 is 0 Å². The summed E-state index contributed by atoms with van der Waals surface area (Å²) in [5.41, 5.74) is 1.92. The van der Waals surface area contributed by atoms with Crippen LogP contribution in [0.25, 0.3) is 0 Å². The van der Waals surface area contributed by atoms with Crippen LogP contribution in [0.5, 0.6) is 11.5 Å². The van der Waals surface area contributed by atoms with E-state index in [-0.39, 0.29) is 47.4 Å². The van der Waals surface area contributed by atoms with Crippen LogP contribution in [0.4, 0.5) is 5.69 Å². The summed E-state index contributed by atoms with van der Waals surface area (Å²) in [4.78, 5) is 41.0. The van der Waals surface area contributed by atoms with Gasteiger partial charge in [0.1, 0.15) is 6.10 Å². The van der Waals surface area contributed by atoms with E-state index in [9.17, 15) is 14.4 Å². The zero-order chi connectivity index (χ0) is 24.0. The van der Waals surface area contributed by atoms with Crippen LogP contribution in [-0.4, -0.2) is 37.9 Å². The van der Waals surface area contributed by atoms with Gasteiger partial charge >= 0.3 is 0 Å². The van der Waals surface area contributed by atoms with Crippen molar-refractivity contribution in [1.82, 2.24) is 0 Å². The zero-order valence-corrected chi connectivity index (χ0v) is 19.4. The van der Waals surface area contributed by atoms with Crippen molar-refractivity contribution in [2.45, 2.75) is 18.6 Å². The van der Waals surface area contributed by atoms with Gasteiger partial charge in [0.05, 0.1) is 31.7 Å². The molecular formula is C28H25NO6. The third-order valence-corrected chi connectivity index (χ3v) is 8.56. The molecule has 0 radical (unpaired) electrons. The maximum absolute atomic E-state index is 13.3. The Hall–Kier alpha value is -3.45. The average Bonchev–Trinajstić information content (AvgIpc) is 3.81. The smallest absolute Gasteiger partial charge is 0.238 e. The Bertz CT molecular complexity index is 1260. The maximum atomic E-state index is 13.3. The zero-order valence-electron chi connectivity index (χ0n) is 19.4. The molecule has 4 aliphatic carbocycles. The van der Waals surface area contributed by atoms with Crippen LogP contribution in [0.15, 0.2) is 54.6 Å². The van der Waals surface area contributed by atoms with Gasteiger partial charge in [0.25, 0.3) is 0 Å². The number of anilines is 1. The van der Waals surface area contributed by atoms with Crippen LogP contribution in [0, 0.1) is 35.5 Å². The number of carbonyl (C=O) groups excluding carboxylic acids is 3. The Balaban J connectivity index is 1.08. The topological polar surface area (TPSA) is 85.4 Å². The summed E-state index contributed by atoms with van der Waals surface area (Å²) in [5, 5.41) is 0. The molecule has 2 amide bonds. The van der Waals surface area contributed by atoms with Gasteiger partial charge in [-0.05, 0) is 66.0 Å². The van der Waals surface area contributed by atoms with Gasteiger partial charge in [-0.1, -0.05) is 24.3 Å². The van der Waals surface area contributed by atoms with E-state index in [1.165, 1.54) is 12.0 Å². The quantitative estimate of drug-likeness (QED) is 0.277. The number of benzene rings is 2. The number of nitrogens with zero attached hydrogens (tertiary/aromatic N) is 1. The van der Waals surface area contributed by atoms with Gasteiger partial charge in [-0.25, -0.2) is 0 Å². The number of allylic oxidation sites excluding steroid dienone is 2. The van der Waals surface area contributed by atoms with Gasteiger partial charge in [-0.3, -0.25) is 19.3 Å². The van der Waals surface area contributed by atoms with Gasteiger partial charge in [0.15, 0.2) is 23.4 Å². The lowest BCUT2D eigenvalue weighted by atomic mass is 9.63. The second kappa shape index (κ2) is 7.28. The van der Waals surface area contributed by atoms with E-state index in [0.717, 1.165) is 12.0 Å². The fourth-order valence-corrected chi connectivity index (χ4v) is 6.74. The van der Waals surface area contributed by atoms with Crippen molar-refractivity contribution in [2.75, 3.05) is 19.1 Å². The van der Waals surface area contributed by atoms with Crippen molar-refractivity contribution < 1.29 is 28.6 Å². The molecular weight excluding hydrogens is 446 g/mol. The van der Waals surface area contributed by atoms with Crippen LogP contribution in [0.2, 0.25) is 0 Å². The summed E-state index contributed by atoms with van der Waals surface area (Å²) in [6, 6.07) is 12.3. The molecule has 8 atom stereocenters. The standard InChI is InChI=1S/C28H25NO6/c1-33-20-10-5-14(11-21(20)34-2)24(30)26-25(35-26)13-3-6-15(7-4-13)29-27(31)22-16-8-9-17(19-12-18(16)19)23(22)28(29)32/h3-11,16-19,22-23,25-26H,12H2,1-2H3. The van der Waals surface area contributed by atoms with E-state index in [1.807, 2.05) is 12.1 Å². The Morgan fingerprint density at radius 1 is 0.886 bits per heavy atom. The number of carbonyl (C=O) groups is 3. The summed E-state index contributed by atoms with van der Waals surface area (Å²) in [7, 11) is 3.07. The van der Waals surface area contributed by atoms with Crippen molar-refractivity contribution in [2.24, 2.45) is 35.5 Å². The van der Waals surface area contributed by atoms with Gasteiger partial charge in [0.2, 0.25) is 11.8 Å². The number of methoxy groups -OCH3 is 2. The lowest BCUT2D eigenvalue weighted by molar-refractivity contribution is -0.124. The minimum Gasteiger partial charge on any atom is -0.493 e. The number of ether oxygens (including phenoxy) is 3. The minimum absolute atomic E-state index is 0.0679. The molecule has 7 nitrogen and oxygen atoms in total. The van der Waals surface area contributed by atoms with E-state index in [1.54, 1.807) is 37.4 Å². The largest absolute Gasteiger partial charge is 0.493 e. The Morgan fingerprint density at radius 3 is 2.11 bits per heavy atom. The number of rotatable bonds is 6. The third kappa shape index (κ3) is 2.91. The molecule has 2 aromatic carbocycles. The molecule has 8 rings (SSSR count). The number of amides is 2. The number of Topliss-reactive ketones (excluding diaryl/α,β-unsaturated/α-hetero) is 1. The molecule has 0 spiro atoms. The normalized spacial score (nSPS) is 35.5. The first-order valence-corrected chi connectivity index (χ1v) is 12.1. The summed E-state index contributed by atoms with van der Waals surface area (Å²) in [5.74, 6) is 1.93. The van der Waals surface area contributed by atoms with Crippen molar-refractivity contribution in [3.63, 3.8) is 0 Å². The summed E-state index contributed by atoms with van der Waals surface area (Å²) >= 11 is 0. The molecule has 2 saturated heterocycles. The molecule has 2 aromatic rings. The van der Waals surface area contributed by atoms with E-state index >= 15 is 0 Å². The predicted molar refractivity (Wildman–Crippen MR) is 125 cm³/mol. The molecule has 2 saturated carbocycles. The van der Waals surface area contributed by atoms with Crippen LogP contribution in [-0.2, 0) is 14.3 Å². The predicted octanol–water partition coefficient (Wildman–Crippen LogP) is 3.58. The molecule has 35 heavy (non-hydrogen) atoms. The molecule has 0 N–H and O–H groups in total. The van der Waals surface area contributed by atoms with Crippen molar-refractivity contribution in [3.05, 3.63) is 65.7 Å². The lowest BCUT2D eigenvalue weighted by Gasteiger charge is -2.37. The van der Waals surface area contributed by atoms with Gasteiger partial charge in [-0.15, -0.1) is 0 Å². The van der Waals surface area contributed by atoms with Crippen molar-refractivity contribution in [3.8, 4) is 11.5 Å². The van der Waals surface area contributed by atoms with E-state index in [4.69, 9.17) is 14.2 Å². The number of hydrogen-bond acceptors (Lipinski definition) is 6. The fourth-order valence-electron chi connectivity index (χ4n) is 6.74.